The number of Topliss-reactive ketones (excluding diaryl/α,β-unsaturated/α-hetero) is 1. The number of carboxylic acid groups (broad SMARTS) is 1. The van der Waals surface area contributed by atoms with Gasteiger partial charge in [0, 0.05) is 23.2 Å². The van der Waals surface area contributed by atoms with Crippen molar-refractivity contribution in [2.24, 2.45) is 5.92 Å². The van der Waals surface area contributed by atoms with Crippen LogP contribution < -0.4 is 10.9 Å². The van der Waals surface area contributed by atoms with Crippen LogP contribution in [0.3, 0.4) is 0 Å². The smallest absolute Gasteiger partial charge is 0.323 e. The first-order valence-corrected chi connectivity index (χ1v) is 8.25. The zero-order chi connectivity index (χ0) is 18.8. The summed E-state index contributed by atoms with van der Waals surface area (Å²) >= 11 is 0. The highest BCUT2D eigenvalue weighted by Gasteiger charge is 2.28. The van der Waals surface area contributed by atoms with E-state index in [2.05, 4.69) is 5.32 Å². The fraction of sp³-hybridized carbons (Fsp3) is 0.263. The van der Waals surface area contributed by atoms with Crippen molar-refractivity contribution in [2.45, 2.75) is 26.3 Å². The quantitative estimate of drug-likeness (QED) is 0.873. The van der Waals surface area contributed by atoms with E-state index in [1.165, 1.54) is 6.07 Å². The number of anilines is 1. The van der Waals surface area contributed by atoms with E-state index in [0.717, 1.165) is 4.57 Å². The number of aromatic nitrogens is 1. The molecule has 0 saturated carbocycles. The van der Waals surface area contributed by atoms with E-state index in [1.54, 1.807) is 30.3 Å². The number of nitrogens with one attached hydrogen (secondary N) is 1. The van der Waals surface area contributed by atoms with Gasteiger partial charge in [0.25, 0.3) is 11.5 Å². The minimum atomic E-state index is -1.19. The number of hydrogen-bond acceptors (Lipinski definition) is 4. The zero-order valence-electron chi connectivity index (χ0n) is 14.2. The van der Waals surface area contributed by atoms with Crippen LogP contribution in [0.5, 0.6) is 0 Å². The molecule has 26 heavy (non-hydrogen) atoms. The molecule has 134 valence electrons. The van der Waals surface area contributed by atoms with E-state index in [-0.39, 0.29) is 17.4 Å². The average molecular weight is 354 g/mol. The van der Waals surface area contributed by atoms with Crippen LogP contribution in [0.25, 0.3) is 0 Å². The Morgan fingerprint density at radius 1 is 1.19 bits per heavy atom. The Labute approximate surface area is 149 Å². The summed E-state index contributed by atoms with van der Waals surface area (Å²) in [5.74, 6) is -1.82. The van der Waals surface area contributed by atoms with Gasteiger partial charge in [-0.1, -0.05) is 25.1 Å². The molecule has 1 aliphatic rings. The first kappa shape index (κ1) is 17.6. The monoisotopic (exact) mass is 354 g/mol. The highest BCUT2D eigenvalue weighted by Crippen LogP contribution is 2.26. The second-order valence-corrected chi connectivity index (χ2v) is 6.46. The second kappa shape index (κ2) is 6.95. The molecule has 1 aromatic carbocycles. The number of carbonyl (C=O) groups is 3. The van der Waals surface area contributed by atoms with Crippen LogP contribution in [0.1, 0.15) is 39.8 Å². The van der Waals surface area contributed by atoms with Crippen LogP contribution in [0.4, 0.5) is 5.69 Å². The summed E-state index contributed by atoms with van der Waals surface area (Å²) in [6.07, 6.45) is 0.765. The molecule has 0 aliphatic heterocycles. The van der Waals surface area contributed by atoms with Crippen LogP contribution in [0.2, 0.25) is 0 Å². The van der Waals surface area contributed by atoms with E-state index < -0.39 is 24.0 Å². The number of pyridine rings is 1. The van der Waals surface area contributed by atoms with Gasteiger partial charge in [-0.3, -0.25) is 23.7 Å². The number of nitrogens with zero attached hydrogens (tertiary/aromatic N) is 1. The molecular formula is C19H18N2O5. The maximum Gasteiger partial charge on any atom is 0.323 e. The van der Waals surface area contributed by atoms with E-state index >= 15 is 0 Å². The number of aliphatic carboxylic acids is 1. The normalized spacial score (nSPS) is 16.0. The molecule has 0 bridgehead atoms. The Bertz CT molecular complexity index is 946. The van der Waals surface area contributed by atoms with Gasteiger partial charge in [0.2, 0.25) is 0 Å². The van der Waals surface area contributed by atoms with Crippen LogP contribution in [-0.4, -0.2) is 27.3 Å². The number of rotatable bonds is 4. The lowest BCUT2D eigenvalue weighted by Gasteiger charge is -2.24. The van der Waals surface area contributed by atoms with Crippen molar-refractivity contribution in [3.8, 4) is 0 Å². The van der Waals surface area contributed by atoms with Crippen LogP contribution >= 0.6 is 0 Å². The molecule has 0 saturated heterocycles. The van der Waals surface area contributed by atoms with Gasteiger partial charge in [0.15, 0.2) is 5.78 Å². The summed E-state index contributed by atoms with van der Waals surface area (Å²) in [6, 6.07) is 9.69. The molecule has 1 amide bonds. The number of carboxylic acids is 1. The lowest BCUT2D eigenvalue weighted by Crippen LogP contribution is -2.35. The number of benzene rings is 1. The average Bonchev–Trinajstić information content (AvgIpc) is 2.59. The van der Waals surface area contributed by atoms with Crippen molar-refractivity contribution in [1.29, 1.82) is 0 Å². The maximum atomic E-state index is 12.7. The number of amides is 1. The molecule has 7 nitrogen and oxygen atoms in total. The molecular weight excluding hydrogens is 336 g/mol. The Morgan fingerprint density at radius 2 is 1.88 bits per heavy atom. The molecule has 0 fully saturated rings. The van der Waals surface area contributed by atoms with E-state index in [9.17, 15) is 19.2 Å². The molecule has 1 aliphatic carbocycles. The summed E-state index contributed by atoms with van der Waals surface area (Å²) in [4.78, 5) is 48.6. The van der Waals surface area contributed by atoms with Crippen LogP contribution in [0, 0.1) is 5.92 Å². The predicted molar refractivity (Wildman–Crippen MR) is 94.5 cm³/mol. The van der Waals surface area contributed by atoms with Crippen LogP contribution in [0.15, 0.2) is 41.2 Å². The predicted octanol–water partition coefficient (Wildman–Crippen LogP) is 1.95. The fourth-order valence-corrected chi connectivity index (χ4v) is 3.17. The van der Waals surface area contributed by atoms with Gasteiger partial charge in [0.1, 0.15) is 12.2 Å². The molecule has 0 radical (unpaired) electrons. The van der Waals surface area contributed by atoms with Crippen molar-refractivity contribution < 1.29 is 19.5 Å². The van der Waals surface area contributed by atoms with Gasteiger partial charge in [-0.15, -0.1) is 0 Å². The molecule has 1 unspecified atom stereocenters. The van der Waals surface area contributed by atoms with Gasteiger partial charge in [-0.25, -0.2) is 0 Å². The third-order valence-corrected chi connectivity index (χ3v) is 4.35. The van der Waals surface area contributed by atoms with Crippen molar-refractivity contribution >= 4 is 23.3 Å². The Hall–Kier alpha value is -3.22. The Morgan fingerprint density at radius 3 is 2.54 bits per heavy atom. The maximum absolute atomic E-state index is 12.7. The number of ketones is 1. The zero-order valence-corrected chi connectivity index (χ0v) is 14.2. The van der Waals surface area contributed by atoms with Gasteiger partial charge >= 0.3 is 5.97 Å². The molecule has 1 atom stereocenters. The molecule has 7 heteroatoms. The van der Waals surface area contributed by atoms with Crippen molar-refractivity contribution in [3.05, 3.63) is 63.6 Å². The lowest BCUT2D eigenvalue weighted by molar-refractivity contribution is -0.137. The van der Waals surface area contributed by atoms with Crippen molar-refractivity contribution in [1.82, 2.24) is 4.57 Å². The first-order valence-electron chi connectivity index (χ1n) is 8.25. The van der Waals surface area contributed by atoms with Crippen LogP contribution in [-0.2, 0) is 17.8 Å². The Balaban J connectivity index is 2.07. The summed E-state index contributed by atoms with van der Waals surface area (Å²) < 4.78 is 1.08. The van der Waals surface area contributed by atoms with E-state index in [0.29, 0.717) is 29.7 Å². The summed E-state index contributed by atoms with van der Waals surface area (Å²) in [5.41, 5.74) is 0.347. The Kier molecular flexibility index (Phi) is 4.71. The van der Waals surface area contributed by atoms with Crippen molar-refractivity contribution in [3.63, 3.8) is 0 Å². The van der Waals surface area contributed by atoms with E-state index in [4.69, 9.17) is 5.11 Å². The summed E-state index contributed by atoms with van der Waals surface area (Å²) in [7, 11) is 0. The number of hydrogen-bond donors (Lipinski definition) is 2. The summed E-state index contributed by atoms with van der Waals surface area (Å²) in [5, 5.41) is 11.6. The SMILES string of the molecule is CC1CC(=O)c2cc(NC(=O)c3ccccc3)c(=O)n(CC(=O)O)c2C1. The first-order chi connectivity index (χ1) is 12.4. The molecule has 2 aromatic rings. The largest absolute Gasteiger partial charge is 0.480 e. The minimum absolute atomic E-state index is 0.0270. The van der Waals surface area contributed by atoms with Gasteiger partial charge in [0.05, 0.1) is 0 Å². The highest BCUT2D eigenvalue weighted by molar-refractivity contribution is 6.05. The highest BCUT2D eigenvalue weighted by atomic mass is 16.4. The molecule has 0 spiro atoms. The van der Waals surface area contributed by atoms with Crippen molar-refractivity contribution in [2.75, 3.05) is 5.32 Å². The minimum Gasteiger partial charge on any atom is -0.480 e. The summed E-state index contributed by atoms with van der Waals surface area (Å²) in [6.45, 7) is 1.32. The fourth-order valence-electron chi connectivity index (χ4n) is 3.17. The van der Waals surface area contributed by atoms with E-state index in [1.807, 2.05) is 6.92 Å². The van der Waals surface area contributed by atoms with Gasteiger partial charge in [-0.05, 0) is 30.5 Å². The molecule has 1 aromatic heterocycles. The lowest BCUT2D eigenvalue weighted by atomic mass is 9.86. The standard InChI is InChI=1S/C19H18N2O5/c1-11-7-15-13(16(22)8-11)9-14(19(26)21(15)10-17(23)24)20-18(25)12-5-3-2-4-6-12/h2-6,9,11H,7-8,10H2,1H3,(H,20,25)(H,23,24). The third-order valence-electron chi connectivity index (χ3n) is 4.35. The van der Waals surface area contributed by atoms with Gasteiger partial charge in [-0.2, -0.15) is 0 Å². The molecule has 1 heterocycles. The molecule has 3 rings (SSSR count). The topological polar surface area (TPSA) is 105 Å². The molecule has 2 N–H and O–H groups in total. The number of carbonyl (C=O) groups excluding carboxylic acids is 2. The second-order valence-electron chi connectivity index (χ2n) is 6.46. The van der Waals surface area contributed by atoms with Gasteiger partial charge < -0.3 is 10.4 Å². The third kappa shape index (κ3) is 3.42. The number of fused-ring (bicyclic) bond motifs is 1.